The monoisotopic (exact) mass is 594 g/mol. The van der Waals surface area contributed by atoms with Gasteiger partial charge in [-0.25, -0.2) is 0 Å². The molecule has 0 bridgehead atoms. The number of alkyl halides is 3. The Labute approximate surface area is 246 Å². The minimum atomic E-state index is -4.00. The summed E-state index contributed by atoms with van der Waals surface area (Å²) in [6.45, 7) is 16.4. The van der Waals surface area contributed by atoms with Crippen molar-refractivity contribution in [2.75, 3.05) is 13.6 Å². The van der Waals surface area contributed by atoms with Crippen LogP contribution in [0.1, 0.15) is 60.5 Å². The van der Waals surface area contributed by atoms with E-state index in [2.05, 4.69) is 54.4 Å². The van der Waals surface area contributed by atoms with Gasteiger partial charge in [0.25, 0.3) is 5.56 Å². The topological polar surface area (TPSA) is 145 Å². The maximum Gasteiger partial charge on any atom is 0.386 e. The van der Waals surface area contributed by atoms with Crippen LogP contribution in [0.3, 0.4) is 0 Å². The normalized spacial score (nSPS) is 18.1. The van der Waals surface area contributed by atoms with Crippen LogP contribution in [0.4, 0.5) is 13.2 Å². The zero-order valence-corrected chi connectivity index (χ0v) is 25.8. The average Bonchev–Trinajstić information content (AvgIpc) is 3.09. The molecule has 1 aliphatic heterocycles. The number of hydrogen-bond donors (Lipinski definition) is 3. The zero-order chi connectivity index (χ0) is 32.9. The SMILES string of the molecule is C=CN.CC(F)(F)F.CC1CN(C(=O)CC(C)(C)C)[C@H](C=O)C1(C)C.CNC(C#N)Cc1cc2cnccc2[nH]c1=O. The molecule has 0 spiro atoms. The maximum atomic E-state index is 12.2. The van der Waals surface area contributed by atoms with Crippen LogP contribution in [0.15, 0.2) is 42.1 Å². The molecule has 3 heterocycles. The lowest BCUT2D eigenvalue weighted by Crippen LogP contribution is -2.43. The van der Waals surface area contributed by atoms with Crippen molar-refractivity contribution < 1.29 is 22.8 Å². The lowest BCUT2D eigenvalue weighted by atomic mass is 9.78. The number of H-pyrrole nitrogens is 1. The quantitative estimate of drug-likeness (QED) is 0.425. The van der Waals surface area contributed by atoms with Gasteiger partial charge in [0.1, 0.15) is 6.29 Å². The third-order valence-electron chi connectivity index (χ3n) is 6.62. The number of halogens is 3. The second kappa shape index (κ2) is 16.7. The Hall–Kier alpha value is -3.72. The highest BCUT2D eigenvalue weighted by atomic mass is 19.4. The molecule has 4 N–H and O–H groups in total. The highest BCUT2D eigenvalue weighted by Gasteiger charge is 2.47. The van der Waals surface area contributed by atoms with Crippen LogP contribution in [0.2, 0.25) is 0 Å². The number of carbonyl (C=O) groups is 2. The number of amides is 1. The molecule has 0 saturated carbocycles. The Kier molecular flexibility index (Phi) is 15.2. The third-order valence-corrected chi connectivity index (χ3v) is 6.62. The molecule has 3 atom stereocenters. The Morgan fingerprint density at radius 1 is 1.36 bits per heavy atom. The van der Waals surface area contributed by atoms with Crippen LogP contribution in [0.25, 0.3) is 10.9 Å². The maximum absolute atomic E-state index is 12.2. The van der Waals surface area contributed by atoms with Gasteiger partial charge in [0.15, 0.2) is 0 Å². The van der Waals surface area contributed by atoms with Gasteiger partial charge in [-0.15, -0.1) is 0 Å². The standard InChI is InChI=1S/C14H25NO2.C12H12N4O.C2H3F3.C2H5N/c1-10-8-15(11(9-16)14(10,5)6)12(17)7-13(2,3)4;1-14-10(6-13)5-8-4-9-7-15-3-2-11(9)16-12(8)17;1-2(3,4)5;1-2-3/h9-11H,7-8H2,1-6H3;2-4,7,10,14H,5H2,1H3,(H,16,17);1H3;2H,1,3H2/t10?,11-;;;/m1.../s1. The summed E-state index contributed by atoms with van der Waals surface area (Å²) in [4.78, 5) is 43.8. The molecule has 1 amide bonds. The molecular weight excluding hydrogens is 549 g/mol. The van der Waals surface area contributed by atoms with E-state index >= 15 is 0 Å². The minimum Gasteiger partial charge on any atom is -0.405 e. The predicted molar refractivity (Wildman–Crippen MR) is 159 cm³/mol. The number of nitrogens with two attached hydrogens (primary N) is 1. The Bertz CT molecular complexity index is 1260. The number of likely N-dealkylation sites (tertiary alicyclic amines) is 1. The van der Waals surface area contributed by atoms with Crippen LogP contribution in [-0.4, -0.2) is 58.9 Å². The Morgan fingerprint density at radius 2 is 1.90 bits per heavy atom. The summed E-state index contributed by atoms with van der Waals surface area (Å²) in [5, 5.41) is 12.6. The van der Waals surface area contributed by atoms with Crippen molar-refractivity contribution in [1.82, 2.24) is 20.2 Å². The molecule has 0 aliphatic carbocycles. The first-order valence-electron chi connectivity index (χ1n) is 13.4. The van der Waals surface area contributed by atoms with E-state index in [9.17, 15) is 27.6 Å². The number of fused-ring (bicyclic) bond motifs is 1. The van der Waals surface area contributed by atoms with Crippen molar-refractivity contribution in [2.24, 2.45) is 22.5 Å². The van der Waals surface area contributed by atoms with Crippen molar-refractivity contribution in [3.05, 3.63) is 53.2 Å². The first-order chi connectivity index (χ1) is 19.2. The number of aromatic amines is 1. The summed E-state index contributed by atoms with van der Waals surface area (Å²) in [5.74, 6) is 0.466. The second-order valence-electron chi connectivity index (χ2n) is 11.9. The van der Waals surface area contributed by atoms with Gasteiger partial charge in [-0.1, -0.05) is 48.1 Å². The number of aromatic nitrogens is 2. The summed E-state index contributed by atoms with van der Waals surface area (Å²) in [6, 6.07) is 5.00. The lowest BCUT2D eigenvalue weighted by Gasteiger charge is -2.30. The van der Waals surface area contributed by atoms with E-state index in [4.69, 9.17) is 5.26 Å². The molecule has 9 nitrogen and oxygen atoms in total. The van der Waals surface area contributed by atoms with Crippen LogP contribution in [-0.2, 0) is 16.0 Å². The van der Waals surface area contributed by atoms with E-state index in [0.29, 0.717) is 30.9 Å². The predicted octanol–water partition coefficient (Wildman–Crippen LogP) is 4.73. The summed E-state index contributed by atoms with van der Waals surface area (Å²) in [6.07, 6.45) is 2.39. The molecule has 12 heteroatoms. The van der Waals surface area contributed by atoms with E-state index in [1.807, 2.05) is 20.8 Å². The van der Waals surface area contributed by atoms with Gasteiger partial charge in [-0.3, -0.25) is 14.6 Å². The molecule has 1 fully saturated rings. The summed E-state index contributed by atoms with van der Waals surface area (Å²) >= 11 is 0. The summed E-state index contributed by atoms with van der Waals surface area (Å²) in [7, 11) is 1.70. The van der Waals surface area contributed by atoms with Crippen LogP contribution in [0.5, 0.6) is 0 Å². The number of hydrogen-bond acceptors (Lipinski definition) is 7. The summed E-state index contributed by atoms with van der Waals surface area (Å²) < 4.78 is 31.1. The molecule has 3 rings (SSSR count). The highest BCUT2D eigenvalue weighted by molar-refractivity contribution is 5.81. The van der Waals surface area contributed by atoms with Gasteiger partial charge in [0, 0.05) is 49.7 Å². The van der Waals surface area contributed by atoms with Crippen LogP contribution >= 0.6 is 0 Å². The van der Waals surface area contributed by atoms with Gasteiger partial charge in [0.2, 0.25) is 5.91 Å². The largest absolute Gasteiger partial charge is 0.405 e. The highest BCUT2D eigenvalue weighted by Crippen LogP contribution is 2.40. The van der Waals surface area contributed by atoms with Crippen LogP contribution in [0, 0.1) is 28.1 Å². The van der Waals surface area contributed by atoms with Gasteiger partial charge in [-0.2, -0.15) is 18.4 Å². The fourth-order valence-electron chi connectivity index (χ4n) is 4.07. The van der Waals surface area contributed by atoms with Crippen molar-refractivity contribution in [1.29, 1.82) is 5.26 Å². The zero-order valence-electron chi connectivity index (χ0n) is 25.8. The molecule has 2 aromatic rings. The van der Waals surface area contributed by atoms with Crippen molar-refractivity contribution >= 4 is 23.1 Å². The number of carbonyl (C=O) groups excluding carboxylic acids is 2. The van der Waals surface area contributed by atoms with E-state index in [1.165, 1.54) is 6.20 Å². The molecule has 2 aromatic heterocycles. The van der Waals surface area contributed by atoms with Gasteiger partial charge in [0.05, 0.1) is 23.7 Å². The molecule has 1 saturated heterocycles. The number of rotatable bonds is 5. The fourth-order valence-corrected chi connectivity index (χ4v) is 4.07. The molecule has 0 radical (unpaired) electrons. The second-order valence-corrected chi connectivity index (χ2v) is 11.9. The van der Waals surface area contributed by atoms with Gasteiger partial charge in [-0.05, 0) is 42.1 Å². The molecule has 2 unspecified atom stereocenters. The van der Waals surface area contributed by atoms with E-state index in [1.54, 1.807) is 36.5 Å². The number of nitrogens with zero attached hydrogens (tertiary/aromatic N) is 3. The van der Waals surface area contributed by atoms with E-state index < -0.39 is 6.18 Å². The molecule has 234 valence electrons. The third kappa shape index (κ3) is 13.3. The molecule has 1 aliphatic rings. The average molecular weight is 595 g/mol. The van der Waals surface area contributed by atoms with Crippen LogP contribution < -0.4 is 16.6 Å². The molecule has 0 aromatic carbocycles. The van der Waals surface area contributed by atoms with Crippen molar-refractivity contribution in [3.8, 4) is 6.07 Å². The van der Waals surface area contributed by atoms with E-state index in [0.717, 1.165) is 17.2 Å². The molecule has 42 heavy (non-hydrogen) atoms. The van der Waals surface area contributed by atoms with Crippen molar-refractivity contribution in [2.45, 2.75) is 79.6 Å². The fraction of sp³-hybridized carbons (Fsp3) is 0.567. The first kappa shape index (κ1) is 38.3. The lowest BCUT2D eigenvalue weighted by molar-refractivity contribution is -0.137. The number of nitrogens with one attached hydrogen (secondary N) is 2. The Morgan fingerprint density at radius 3 is 2.36 bits per heavy atom. The molecular formula is C30H45F3N6O3. The van der Waals surface area contributed by atoms with Crippen molar-refractivity contribution in [3.63, 3.8) is 0 Å². The summed E-state index contributed by atoms with van der Waals surface area (Å²) in [5.41, 5.74) is 5.66. The van der Waals surface area contributed by atoms with Gasteiger partial charge < -0.3 is 25.7 Å². The number of pyridine rings is 2. The number of likely N-dealkylation sites (N-methyl/N-ethyl adjacent to an activating group) is 1. The van der Waals surface area contributed by atoms with Gasteiger partial charge >= 0.3 is 6.18 Å². The number of nitriles is 1. The van der Waals surface area contributed by atoms with E-state index in [-0.39, 0.29) is 41.3 Å². The minimum absolute atomic E-state index is 0.0273. The number of aldehydes is 1. The smallest absolute Gasteiger partial charge is 0.386 e. The Balaban J connectivity index is 0.000000639. The first-order valence-corrected chi connectivity index (χ1v) is 13.4.